The van der Waals surface area contributed by atoms with E-state index in [0.29, 0.717) is 32.8 Å². The van der Waals surface area contributed by atoms with Gasteiger partial charge in [0.05, 0.1) is 31.1 Å². The SMILES string of the molecule is O=C1CO[C@@H]2CN(Cc3ccnc(N4CCOCC4)n3)C[C@H]2N1Cc1ccc(F)cc1. The Kier molecular flexibility index (Phi) is 5.80. The van der Waals surface area contributed by atoms with Crippen molar-refractivity contribution < 1.29 is 18.7 Å². The number of halogens is 1. The van der Waals surface area contributed by atoms with Crippen molar-refractivity contribution in [3.8, 4) is 0 Å². The molecule has 9 heteroatoms. The first-order chi connectivity index (χ1) is 15.2. The van der Waals surface area contributed by atoms with E-state index in [1.165, 1.54) is 12.1 Å². The fraction of sp³-hybridized carbons (Fsp3) is 0.500. The minimum Gasteiger partial charge on any atom is -0.378 e. The van der Waals surface area contributed by atoms with Crippen LogP contribution in [0.5, 0.6) is 0 Å². The fourth-order valence-electron chi connectivity index (χ4n) is 4.48. The minimum absolute atomic E-state index is 0.0214. The van der Waals surface area contributed by atoms with Crippen LogP contribution in [0.1, 0.15) is 11.3 Å². The van der Waals surface area contributed by atoms with Gasteiger partial charge < -0.3 is 19.3 Å². The number of nitrogens with zero attached hydrogens (tertiary/aromatic N) is 5. The lowest BCUT2D eigenvalue weighted by Gasteiger charge is -2.36. The Balaban J connectivity index is 1.26. The van der Waals surface area contributed by atoms with Gasteiger partial charge in [-0.1, -0.05) is 12.1 Å². The van der Waals surface area contributed by atoms with Gasteiger partial charge in [-0.05, 0) is 23.8 Å². The number of benzene rings is 1. The third-order valence-electron chi connectivity index (χ3n) is 6.10. The first-order valence-electron chi connectivity index (χ1n) is 10.7. The number of rotatable bonds is 5. The maximum Gasteiger partial charge on any atom is 0.249 e. The Labute approximate surface area is 180 Å². The molecule has 31 heavy (non-hydrogen) atoms. The van der Waals surface area contributed by atoms with Crippen molar-refractivity contribution >= 4 is 11.9 Å². The summed E-state index contributed by atoms with van der Waals surface area (Å²) in [5, 5.41) is 0. The Hall–Kier alpha value is -2.62. The molecule has 1 aromatic heterocycles. The molecule has 5 rings (SSSR count). The second-order valence-corrected chi connectivity index (χ2v) is 8.21. The number of ether oxygens (including phenoxy) is 2. The van der Waals surface area contributed by atoms with E-state index < -0.39 is 0 Å². The van der Waals surface area contributed by atoms with Crippen LogP contribution in [0.4, 0.5) is 10.3 Å². The highest BCUT2D eigenvalue weighted by atomic mass is 19.1. The molecule has 2 atom stereocenters. The third-order valence-corrected chi connectivity index (χ3v) is 6.10. The van der Waals surface area contributed by atoms with E-state index >= 15 is 0 Å². The summed E-state index contributed by atoms with van der Waals surface area (Å²) in [4.78, 5) is 28.0. The number of hydrogen-bond donors (Lipinski definition) is 0. The Bertz CT molecular complexity index is 922. The van der Waals surface area contributed by atoms with E-state index in [-0.39, 0.29) is 30.5 Å². The van der Waals surface area contributed by atoms with Crippen LogP contribution in [0.3, 0.4) is 0 Å². The highest BCUT2D eigenvalue weighted by Crippen LogP contribution is 2.26. The molecule has 3 aliphatic heterocycles. The predicted octanol–water partition coefficient (Wildman–Crippen LogP) is 1.06. The summed E-state index contributed by atoms with van der Waals surface area (Å²) in [6.45, 7) is 5.67. The maximum atomic E-state index is 13.2. The zero-order valence-electron chi connectivity index (χ0n) is 17.3. The second kappa shape index (κ2) is 8.86. The molecule has 4 heterocycles. The maximum absolute atomic E-state index is 13.2. The molecule has 1 amide bonds. The topological polar surface area (TPSA) is 71.0 Å². The third kappa shape index (κ3) is 4.53. The standard InChI is InChI=1S/C22H26FN5O3/c23-17-3-1-16(2-4-17)11-28-19-13-26(14-20(19)31-15-21(28)29)12-18-5-6-24-22(25-18)27-7-9-30-10-8-27/h1-6,19-20H,7-15H2/t19-,20-/m1/s1. The number of carbonyl (C=O) groups is 1. The first-order valence-corrected chi connectivity index (χ1v) is 10.7. The summed E-state index contributed by atoms with van der Waals surface area (Å²) in [5.41, 5.74) is 1.87. The normalized spacial score (nSPS) is 24.5. The molecular weight excluding hydrogens is 401 g/mol. The van der Waals surface area contributed by atoms with Crippen molar-refractivity contribution in [1.82, 2.24) is 19.8 Å². The summed E-state index contributed by atoms with van der Waals surface area (Å²) in [6.07, 6.45) is 1.77. The van der Waals surface area contributed by atoms with Gasteiger partial charge in [-0.25, -0.2) is 14.4 Å². The van der Waals surface area contributed by atoms with Crippen LogP contribution in [-0.2, 0) is 27.4 Å². The highest BCUT2D eigenvalue weighted by molar-refractivity contribution is 5.78. The van der Waals surface area contributed by atoms with Gasteiger partial charge in [0.1, 0.15) is 12.4 Å². The van der Waals surface area contributed by atoms with Crippen molar-refractivity contribution in [2.45, 2.75) is 25.2 Å². The van der Waals surface area contributed by atoms with Crippen LogP contribution in [0.15, 0.2) is 36.5 Å². The van der Waals surface area contributed by atoms with Crippen LogP contribution < -0.4 is 4.90 Å². The molecular formula is C22H26FN5O3. The molecule has 0 saturated carbocycles. The van der Waals surface area contributed by atoms with Crippen LogP contribution in [0.25, 0.3) is 0 Å². The van der Waals surface area contributed by atoms with Crippen molar-refractivity contribution in [2.75, 3.05) is 50.9 Å². The molecule has 3 saturated heterocycles. The van der Waals surface area contributed by atoms with Crippen LogP contribution >= 0.6 is 0 Å². The summed E-state index contributed by atoms with van der Waals surface area (Å²) < 4.78 is 24.5. The van der Waals surface area contributed by atoms with Gasteiger partial charge >= 0.3 is 0 Å². The molecule has 2 aromatic rings. The van der Waals surface area contributed by atoms with Crippen molar-refractivity contribution in [1.29, 1.82) is 0 Å². The van der Waals surface area contributed by atoms with Gasteiger partial charge in [-0.15, -0.1) is 0 Å². The average molecular weight is 427 g/mol. The monoisotopic (exact) mass is 427 g/mol. The summed E-state index contributed by atoms with van der Waals surface area (Å²) in [5.74, 6) is 0.439. The molecule has 3 aliphatic rings. The van der Waals surface area contributed by atoms with E-state index in [2.05, 4.69) is 14.8 Å². The number of hydrogen-bond acceptors (Lipinski definition) is 7. The van der Waals surface area contributed by atoms with Gasteiger partial charge in [0, 0.05) is 45.5 Å². The number of fused-ring (bicyclic) bond motifs is 1. The number of carbonyl (C=O) groups excluding carboxylic acids is 1. The molecule has 0 unspecified atom stereocenters. The van der Waals surface area contributed by atoms with Crippen LogP contribution in [-0.4, -0.2) is 83.8 Å². The lowest BCUT2D eigenvalue weighted by Crippen LogP contribution is -2.53. The quantitative estimate of drug-likeness (QED) is 0.707. The number of aromatic nitrogens is 2. The van der Waals surface area contributed by atoms with E-state index in [4.69, 9.17) is 14.5 Å². The van der Waals surface area contributed by atoms with Crippen LogP contribution in [0.2, 0.25) is 0 Å². The van der Waals surface area contributed by atoms with Crippen LogP contribution in [0, 0.1) is 5.82 Å². The molecule has 0 N–H and O–H groups in total. The molecule has 8 nitrogen and oxygen atoms in total. The molecule has 0 spiro atoms. The zero-order chi connectivity index (χ0) is 21.2. The predicted molar refractivity (Wildman–Crippen MR) is 111 cm³/mol. The van der Waals surface area contributed by atoms with Crippen molar-refractivity contribution in [3.05, 3.63) is 53.6 Å². The highest BCUT2D eigenvalue weighted by Gasteiger charge is 2.43. The molecule has 164 valence electrons. The van der Waals surface area contributed by atoms with Gasteiger partial charge in [0.25, 0.3) is 0 Å². The number of likely N-dealkylation sites (tertiary alicyclic amines) is 1. The smallest absolute Gasteiger partial charge is 0.249 e. The lowest BCUT2D eigenvalue weighted by molar-refractivity contribution is -0.153. The summed E-state index contributed by atoms with van der Waals surface area (Å²) >= 11 is 0. The van der Waals surface area contributed by atoms with Gasteiger partial charge in [0.2, 0.25) is 11.9 Å². The number of morpholine rings is 2. The zero-order valence-corrected chi connectivity index (χ0v) is 17.3. The average Bonchev–Trinajstić information content (AvgIpc) is 3.21. The molecule has 0 aliphatic carbocycles. The molecule has 0 bridgehead atoms. The molecule has 3 fully saturated rings. The number of amides is 1. The Morgan fingerprint density at radius 1 is 1.06 bits per heavy atom. The summed E-state index contributed by atoms with van der Waals surface area (Å²) in [6, 6.07) is 8.24. The van der Waals surface area contributed by atoms with E-state index in [0.717, 1.165) is 36.8 Å². The van der Waals surface area contributed by atoms with E-state index in [9.17, 15) is 9.18 Å². The second-order valence-electron chi connectivity index (χ2n) is 8.21. The largest absolute Gasteiger partial charge is 0.378 e. The minimum atomic E-state index is -0.275. The van der Waals surface area contributed by atoms with Gasteiger partial charge in [0.15, 0.2) is 0 Å². The summed E-state index contributed by atoms with van der Waals surface area (Å²) in [7, 11) is 0. The first kappa shape index (κ1) is 20.3. The molecule has 1 aromatic carbocycles. The van der Waals surface area contributed by atoms with Gasteiger partial charge in [-0.2, -0.15) is 0 Å². The molecule has 0 radical (unpaired) electrons. The Morgan fingerprint density at radius 3 is 2.68 bits per heavy atom. The van der Waals surface area contributed by atoms with Crippen molar-refractivity contribution in [3.63, 3.8) is 0 Å². The van der Waals surface area contributed by atoms with Gasteiger partial charge in [-0.3, -0.25) is 9.69 Å². The van der Waals surface area contributed by atoms with E-state index in [1.807, 2.05) is 11.0 Å². The lowest BCUT2D eigenvalue weighted by atomic mass is 10.1. The van der Waals surface area contributed by atoms with E-state index in [1.54, 1.807) is 18.3 Å². The fourth-order valence-corrected chi connectivity index (χ4v) is 4.48. The number of anilines is 1. The van der Waals surface area contributed by atoms with Crippen molar-refractivity contribution in [2.24, 2.45) is 0 Å². The Morgan fingerprint density at radius 2 is 1.87 bits per heavy atom.